The van der Waals surface area contributed by atoms with Crippen LogP contribution in [0.5, 0.6) is 11.5 Å². The molecule has 0 spiro atoms. The second-order valence-corrected chi connectivity index (χ2v) is 13.2. The van der Waals surface area contributed by atoms with E-state index in [-0.39, 0.29) is 67.8 Å². The van der Waals surface area contributed by atoms with E-state index in [0.29, 0.717) is 54.1 Å². The van der Waals surface area contributed by atoms with Crippen LogP contribution in [0.1, 0.15) is 83.3 Å². The molecule has 0 fully saturated rings. The van der Waals surface area contributed by atoms with Gasteiger partial charge in [-0.3, -0.25) is 9.59 Å². The first-order valence-corrected chi connectivity index (χ1v) is 15.2. The largest absolute Gasteiger partial charge is 1.00 e. The number of hydrogen-bond acceptors (Lipinski definition) is 10. The van der Waals surface area contributed by atoms with E-state index < -0.39 is 34.3 Å². The van der Waals surface area contributed by atoms with Gasteiger partial charge in [0.05, 0.1) is 39.8 Å². The van der Waals surface area contributed by atoms with Crippen molar-refractivity contribution in [3.8, 4) is 11.5 Å². The average Bonchev–Trinajstić information content (AvgIpc) is 2.91. The Balaban J connectivity index is 0.0000106. The molecule has 2 rings (SSSR count). The summed E-state index contributed by atoms with van der Waals surface area (Å²) in [4.78, 5) is 52.3. The number of halogens is 1. The molecule has 0 heterocycles. The summed E-state index contributed by atoms with van der Waals surface area (Å²) in [5.41, 5.74) is 1.38. The van der Waals surface area contributed by atoms with Gasteiger partial charge < -0.3 is 52.6 Å². The maximum absolute atomic E-state index is 13.2. The molecule has 1 aliphatic rings. The van der Waals surface area contributed by atoms with Crippen molar-refractivity contribution < 1.29 is 72.1 Å². The molecule has 1 aromatic rings. The molecule has 13 heteroatoms. The predicted molar refractivity (Wildman–Crippen MR) is 167 cm³/mol. The van der Waals surface area contributed by atoms with Crippen molar-refractivity contribution in [1.82, 2.24) is 0 Å². The molecular weight excluding hydrogens is 711 g/mol. The Kier molecular flexibility index (Phi) is 16.2. The molecule has 1 aromatic carbocycles. The number of benzene rings is 1. The molecule has 0 bridgehead atoms. The lowest BCUT2D eigenvalue weighted by atomic mass is 9.73. The Hall–Kier alpha value is -3.20. The molecule has 2 atom stereocenters. The van der Waals surface area contributed by atoms with Crippen LogP contribution in [0.15, 0.2) is 35.9 Å². The third-order valence-corrected chi connectivity index (χ3v) is 7.70. The Morgan fingerprint density at radius 1 is 1.07 bits per heavy atom. The summed E-state index contributed by atoms with van der Waals surface area (Å²) in [6, 6.07) is 3.12. The molecule has 0 unspecified atom stereocenters. The van der Waals surface area contributed by atoms with Crippen LogP contribution in [-0.2, 0) is 34.1 Å². The van der Waals surface area contributed by atoms with Gasteiger partial charge in [0.25, 0.3) is 5.09 Å². The van der Waals surface area contributed by atoms with Gasteiger partial charge in [0.15, 0.2) is 6.54 Å². The molecule has 0 saturated heterocycles. The number of esters is 3. The molecule has 1 aliphatic carbocycles. The second kappa shape index (κ2) is 18.2. The first-order valence-electron chi connectivity index (χ1n) is 15.2. The second-order valence-electron chi connectivity index (χ2n) is 13.2. The summed E-state index contributed by atoms with van der Waals surface area (Å²) in [5, 5.41) is 20.9. The zero-order valence-corrected chi connectivity index (χ0v) is 30.2. The monoisotopic (exact) mass is 760 g/mol. The molecule has 0 aromatic heterocycles. The first kappa shape index (κ1) is 40.8. The van der Waals surface area contributed by atoms with Crippen molar-refractivity contribution in [3.05, 3.63) is 57.2 Å². The van der Waals surface area contributed by atoms with Gasteiger partial charge in [-0.15, -0.1) is 10.1 Å². The van der Waals surface area contributed by atoms with Crippen LogP contribution in [0.3, 0.4) is 0 Å². The van der Waals surface area contributed by atoms with Gasteiger partial charge in [-0.25, -0.2) is 4.79 Å². The lowest BCUT2D eigenvalue weighted by molar-refractivity contribution is -0.862. The summed E-state index contributed by atoms with van der Waals surface area (Å²) in [6.07, 6.45) is 5.81. The van der Waals surface area contributed by atoms with Crippen molar-refractivity contribution in [2.45, 2.75) is 77.6 Å². The van der Waals surface area contributed by atoms with E-state index >= 15 is 0 Å². The van der Waals surface area contributed by atoms with Crippen LogP contribution in [0.2, 0.25) is 0 Å². The van der Waals surface area contributed by atoms with E-state index in [1.807, 2.05) is 34.1 Å². The number of allylic oxidation sites excluding steroid dienone is 2. The number of quaternary nitrogens is 1. The minimum atomic E-state index is -1.20. The van der Waals surface area contributed by atoms with Crippen molar-refractivity contribution in [2.75, 3.05) is 47.5 Å². The normalized spacial score (nSPS) is 16.4. The molecular formula is C33H49IN2O10. The third kappa shape index (κ3) is 12.9. The number of aromatic hydroxyl groups is 1. The van der Waals surface area contributed by atoms with E-state index in [1.54, 1.807) is 19.9 Å². The molecule has 258 valence electrons. The predicted octanol–water partition coefficient (Wildman–Crippen LogP) is 2.16. The highest BCUT2D eigenvalue weighted by Crippen LogP contribution is 2.48. The van der Waals surface area contributed by atoms with E-state index in [2.05, 4.69) is 11.4 Å². The summed E-state index contributed by atoms with van der Waals surface area (Å²) >= 11 is 0. The highest BCUT2D eigenvalue weighted by Gasteiger charge is 2.37. The topological polar surface area (TPSA) is 152 Å². The molecule has 1 N–H and O–H groups in total. The number of hydrogen-bond donors (Lipinski definition) is 1. The number of phenolic OH excluding ortho intramolecular Hbond substituents is 1. The quantitative estimate of drug-likeness (QED) is 0.0366. The number of phenols is 1. The lowest BCUT2D eigenvalue weighted by Crippen LogP contribution is -3.00. The number of unbranched alkanes of at least 4 members (excludes halogenated alkanes) is 3. The minimum absolute atomic E-state index is 0. The standard InChI is InChI=1S/C33H48N2O10.HI/c1-22(2)26-14-13-24(21-43-23(3)36)17-27(26)31-28(37)18-25(19-29(31)45-30(38)20-35(6,7)8)33(4,5)32(39)42-15-11-9-10-12-16-44-34(40)41;/h17-19,26-27H,1,9-16,20-21H2,2-8H3;1H/t26-,27+;/m1./s1. The number of likely N-dealkylation sites (N-methyl/N-ethyl adjacent to an activating group) is 1. The summed E-state index contributed by atoms with van der Waals surface area (Å²) < 4.78 is 17.1. The number of rotatable bonds is 17. The molecule has 0 radical (unpaired) electrons. The highest BCUT2D eigenvalue weighted by molar-refractivity contribution is 5.83. The van der Waals surface area contributed by atoms with E-state index in [9.17, 15) is 29.6 Å². The van der Waals surface area contributed by atoms with Crippen LogP contribution < -0.4 is 28.7 Å². The Bertz CT molecular complexity index is 1290. The molecule has 0 aliphatic heterocycles. The van der Waals surface area contributed by atoms with Gasteiger partial charge in [-0.2, -0.15) is 0 Å². The van der Waals surface area contributed by atoms with Gasteiger partial charge in [0.1, 0.15) is 18.1 Å². The Morgan fingerprint density at radius 3 is 2.26 bits per heavy atom. The lowest BCUT2D eigenvalue weighted by Gasteiger charge is -2.33. The van der Waals surface area contributed by atoms with Crippen LogP contribution in [0, 0.1) is 16.0 Å². The van der Waals surface area contributed by atoms with Gasteiger partial charge in [-0.1, -0.05) is 24.6 Å². The zero-order chi connectivity index (χ0) is 33.9. The van der Waals surface area contributed by atoms with Crippen LogP contribution in [-0.4, -0.2) is 80.1 Å². The highest BCUT2D eigenvalue weighted by atomic mass is 127. The zero-order valence-electron chi connectivity index (χ0n) is 28.1. The van der Waals surface area contributed by atoms with Crippen molar-refractivity contribution >= 4 is 17.9 Å². The number of carbonyl (C=O) groups excluding carboxylic acids is 3. The minimum Gasteiger partial charge on any atom is -1.00 e. The van der Waals surface area contributed by atoms with Crippen molar-refractivity contribution in [1.29, 1.82) is 0 Å². The fourth-order valence-corrected chi connectivity index (χ4v) is 5.22. The fourth-order valence-electron chi connectivity index (χ4n) is 5.22. The van der Waals surface area contributed by atoms with E-state index in [4.69, 9.17) is 14.2 Å². The summed E-state index contributed by atoms with van der Waals surface area (Å²) in [7, 11) is 5.58. The van der Waals surface area contributed by atoms with Crippen molar-refractivity contribution in [2.24, 2.45) is 5.92 Å². The van der Waals surface area contributed by atoms with Crippen molar-refractivity contribution in [3.63, 3.8) is 0 Å². The summed E-state index contributed by atoms with van der Waals surface area (Å²) in [5.74, 6) is -1.92. The van der Waals surface area contributed by atoms with Crippen LogP contribution >= 0.6 is 0 Å². The van der Waals surface area contributed by atoms with Gasteiger partial charge in [0.2, 0.25) is 0 Å². The Labute approximate surface area is 288 Å². The molecule has 0 saturated carbocycles. The number of nitrogens with zero attached hydrogens (tertiary/aromatic N) is 2. The average molecular weight is 761 g/mol. The van der Waals surface area contributed by atoms with Gasteiger partial charge in [-0.05, 0) is 82.1 Å². The van der Waals surface area contributed by atoms with E-state index in [1.165, 1.54) is 13.0 Å². The van der Waals surface area contributed by atoms with Gasteiger partial charge in [0, 0.05) is 18.4 Å². The molecule has 0 amide bonds. The molecule has 46 heavy (non-hydrogen) atoms. The first-order chi connectivity index (χ1) is 20.9. The number of ether oxygens (including phenoxy) is 3. The van der Waals surface area contributed by atoms with Gasteiger partial charge >= 0.3 is 17.9 Å². The molecule has 12 nitrogen and oxygen atoms in total. The third-order valence-electron chi connectivity index (χ3n) is 7.70. The smallest absolute Gasteiger partial charge is 0.367 e. The maximum atomic E-state index is 13.2. The fraction of sp³-hybridized carbons (Fsp3) is 0.606. The Morgan fingerprint density at radius 2 is 1.70 bits per heavy atom. The number of carbonyl (C=O) groups is 3. The SMILES string of the molecule is C=C(C)[C@H]1CCC(COC(C)=O)=C[C@@H]1c1c(O)cc(C(C)(C)C(=O)OCCCCCCO[N+](=O)[O-])cc1OC(=O)C[N+](C)(C)C.[I-]. The van der Waals surface area contributed by atoms with E-state index in [0.717, 1.165) is 11.1 Å². The summed E-state index contributed by atoms with van der Waals surface area (Å²) in [6.45, 7) is 11.1. The van der Waals surface area contributed by atoms with Crippen LogP contribution in [0.25, 0.3) is 0 Å². The van der Waals surface area contributed by atoms with Crippen LogP contribution in [0.4, 0.5) is 0 Å². The maximum Gasteiger partial charge on any atom is 0.367 e.